The molecule has 304 valence electrons. The van der Waals surface area contributed by atoms with Gasteiger partial charge in [-0.05, 0) is 75.7 Å². The van der Waals surface area contributed by atoms with Crippen LogP contribution in [0, 0.1) is 0 Å². The van der Waals surface area contributed by atoms with Crippen molar-refractivity contribution in [3.8, 4) is 0 Å². The normalized spacial score (nSPS) is 14.0. The van der Waals surface area contributed by atoms with Gasteiger partial charge in [-0.1, -0.05) is 101 Å². The van der Waals surface area contributed by atoms with E-state index in [1.807, 2.05) is 51.1 Å². The second-order valence-electron chi connectivity index (χ2n) is 14.4. The average molecular weight is 773 g/mol. The van der Waals surface area contributed by atoms with Crippen molar-refractivity contribution in [2.75, 3.05) is 32.7 Å². The van der Waals surface area contributed by atoms with Crippen molar-refractivity contribution in [2.45, 2.75) is 127 Å². The standard InChI is InChI=1S/C40H68N8O5S/c1-4-34(21-11-14-24-41)45-40(51)37(27-32-17-7-5-8-18-32)47-38(49)29-48(54(52,53)30-33-19-9-6-10-20-33)28-35(22-12-15-25-42)46-39(50)36(44-31(2)3)23-13-16-26-43/h5-10,17-20,31,34-37,44H,4,11-16,21-30,41-43H2,1-3H3,(H,45,51)(H,46,50)(H,47,49)/t34-,35+,36+,37+/m1/s1. The van der Waals surface area contributed by atoms with Gasteiger partial charge in [0.25, 0.3) is 0 Å². The Balaban J connectivity index is 2.41. The number of hydrogen-bond donors (Lipinski definition) is 7. The van der Waals surface area contributed by atoms with Crippen molar-refractivity contribution in [1.82, 2.24) is 25.6 Å². The van der Waals surface area contributed by atoms with Crippen molar-refractivity contribution in [1.29, 1.82) is 0 Å². The lowest BCUT2D eigenvalue weighted by Gasteiger charge is -2.30. The highest BCUT2D eigenvalue weighted by atomic mass is 32.2. The van der Waals surface area contributed by atoms with Gasteiger partial charge in [0.2, 0.25) is 27.7 Å². The van der Waals surface area contributed by atoms with Crippen molar-refractivity contribution >= 4 is 27.7 Å². The predicted octanol–water partition coefficient (Wildman–Crippen LogP) is 2.68. The molecule has 54 heavy (non-hydrogen) atoms. The first-order valence-corrected chi connectivity index (χ1v) is 21.3. The number of benzene rings is 2. The van der Waals surface area contributed by atoms with Gasteiger partial charge in [-0.25, -0.2) is 8.42 Å². The molecular weight excluding hydrogens is 705 g/mol. The first-order chi connectivity index (χ1) is 25.9. The van der Waals surface area contributed by atoms with Crippen LogP contribution in [0.5, 0.6) is 0 Å². The Kier molecular flexibility index (Phi) is 22.9. The van der Waals surface area contributed by atoms with Crippen LogP contribution in [0.1, 0.15) is 96.1 Å². The molecule has 4 atom stereocenters. The number of hydrogen-bond acceptors (Lipinski definition) is 9. The van der Waals surface area contributed by atoms with Crippen LogP contribution < -0.4 is 38.5 Å². The van der Waals surface area contributed by atoms with Gasteiger partial charge in [0.15, 0.2) is 0 Å². The van der Waals surface area contributed by atoms with Gasteiger partial charge in [0.05, 0.1) is 18.3 Å². The van der Waals surface area contributed by atoms with E-state index in [4.69, 9.17) is 17.2 Å². The van der Waals surface area contributed by atoms with E-state index in [1.54, 1.807) is 30.3 Å². The van der Waals surface area contributed by atoms with Gasteiger partial charge in [-0.2, -0.15) is 4.31 Å². The molecule has 0 saturated heterocycles. The molecule has 0 unspecified atom stereocenters. The molecule has 13 nitrogen and oxygen atoms in total. The van der Waals surface area contributed by atoms with Gasteiger partial charge in [-0.3, -0.25) is 14.4 Å². The number of carbonyl (C=O) groups is 3. The highest BCUT2D eigenvalue weighted by Gasteiger charge is 2.32. The Labute approximate surface area is 324 Å². The fourth-order valence-corrected chi connectivity index (χ4v) is 7.82. The summed E-state index contributed by atoms with van der Waals surface area (Å²) in [6, 6.07) is 16.0. The zero-order valence-electron chi connectivity index (χ0n) is 32.8. The number of rotatable bonds is 29. The monoisotopic (exact) mass is 773 g/mol. The summed E-state index contributed by atoms with van der Waals surface area (Å²) in [5, 5.41) is 12.4. The number of nitrogens with two attached hydrogens (primary N) is 3. The molecule has 0 spiro atoms. The number of carbonyl (C=O) groups excluding carboxylic acids is 3. The number of amides is 3. The molecule has 2 aromatic rings. The fourth-order valence-electron chi connectivity index (χ4n) is 6.30. The van der Waals surface area contributed by atoms with Crippen molar-refractivity contribution in [3.63, 3.8) is 0 Å². The van der Waals surface area contributed by atoms with Gasteiger partial charge in [0.1, 0.15) is 6.04 Å². The van der Waals surface area contributed by atoms with Crippen LogP contribution in [0.2, 0.25) is 0 Å². The minimum atomic E-state index is -4.08. The summed E-state index contributed by atoms with van der Waals surface area (Å²) in [7, 11) is -4.08. The molecule has 0 heterocycles. The molecule has 10 N–H and O–H groups in total. The summed E-state index contributed by atoms with van der Waals surface area (Å²) in [6.45, 7) is 6.81. The van der Waals surface area contributed by atoms with Crippen LogP contribution in [-0.2, 0) is 36.6 Å². The lowest BCUT2D eigenvalue weighted by molar-refractivity contribution is -0.129. The van der Waals surface area contributed by atoms with E-state index in [9.17, 15) is 22.8 Å². The number of nitrogens with zero attached hydrogens (tertiary/aromatic N) is 1. The summed E-state index contributed by atoms with van der Waals surface area (Å²) in [4.78, 5) is 41.4. The maximum atomic E-state index is 14.2. The largest absolute Gasteiger partial charge is 0.352 e. The third kappa shape index (κ3) is 18.8. The third-order valence-electron chi connectivity index (χ3n) is 9.26. The first kappa shape index (κ1) is 46.8. The smallest absolute Gasteiger partial charge is 0.243 e. The van der Waals surface area contributed by atoms with Gasteiger partial charge in [-0.15, -0.1) is 0 Å². The van der Waals surface area contributed by atoms with Crippen molar-refractivity contribution < 1.29 is 22.8 Å². The Morgan fingerprint density at radius 1 is 0.667 bits per heavy atom. The zero-order chi connectivity index (χ0) is 39.8. The van der Waals surface area contributed by atoms with E-state index in [-0.39, 0.29) is 42.6 Å². The highest BCUT2D eigenvalue weighted by molar-refractivity contribution is 7.88. The van der Waals surface area contributed by atoms with Gasteiger partial charge >= 0.3 is 0 Å². The van der Waals surface area contributed by atoms with Crippen LogP contribution in [-0.4, -0.2) is 93.4 Å². The van der Waals surface area contributed by atoms with Crippen molar-refractivity contribution in [2.24, 2.45) is 17.2 Å². The third-order valence-corrected chi connectivity index (χ3v) is 11.0. The Bertz CT molecular complexity index is 1450. The van der Waals surface area contributed by atoms with Crippen LogP contribution >= 0.6 is 0 Å². The Morgan fingerprint density at radius 2 is 1.17 bits per heavy atom. The average Bonchev–Trinajstić information content (AvgIpc) is 3.14. The van der Waals surface area contributed by atoms with E-state index < -0.39 is 40.6 Å². The number of unbranched alkanes of at least 4 members (excludes halogenated alkanes) is 3. The molecule has 0 bridgehead atoms. The minimum Gasteiger partial charge on any atom is -0.352 e. The first-order valence-electron chi connectivity index (χ1n) is 19.7. The quantitative estimate of drug-likeness (QED) is 0.0605. The Morgan fingerprint density at radius 3 is 1.70 bits per heavy atom. The molecule has 2 aromatic carbocycles. The molecule has 0 saturated carbocycles. The van der Waals surface area contributed by atoms with E-state index >= 15 is 0 Å². The summed E-state index contributed by atoms with van der Waals surface area (Å²) in [5.41, 5.74) is 18.6. The van der Waals surface area contributed by atoms with E-state index in [2.05, 4.69) is 21.3 Å². The molecule has 0 aliphatic heterocycles. The lowest BCUT2D eigenvalue weighted by Crippen LogP contribution is -2.55. The van der Waals surface area contributed by atoms with E-state index in [0.29, 0.717) is 57.3 Å². The van der Waals surface area contributed by atoms with Gasteiger partial charge in [0, 0.05) is 31.1 Å². The second-order valence-corrected chi connectivity index (χ2v) is 16.4. The SMILES string of the molecule is CC[C@H](CCCCN)NC(=O)[C@H](Cc1ccccc1)NC(=O)CN(C[C@H](CCCCN)NC(=O)[C@H](CCCCN)NC(C)C)S(=O)(=O)Cc1ccccc1. The van der Waals surface area contributed by atoms with Gasteiger partial charge < -0.3 is 38.5 Å². The van der Waals surface area contributed by atoms with E-state index in [1.165, 1.54) is 0 Å². The molecule has 0 aromatic heterocycles. The summed E-state index contributed by atoms with van der Waals surface area (Å²) < 4.78 is 29.5. The van der Waals surface area contributed by atoms with Crippen LogP contribution in [0.3, 0.4) is 0 Å². The number of nitrogens with one attached hydrogen (secondary N) is 4. The molecular formula is C40H68N8O5S. The summed E-state index contributed by atoms with van der Waals surface area (Å²) in [5.74, 6) is -1.53. The molecule has 14 heteroatoms. The van der Waals surface area contributed by atoms with Crippen LogP contribution in [0.25, 0.3) is 0 Å². The fraction of sp³-hybridized carbons (Fsp3) is 0.625. The molecule has 2 rings (SSSR count). The van der Waals surface area contributed by atoms with Crippen LogP contribution in [0.4, 0.5) is 0 Å². The molecule has 0 fully saturated rings. The maximum Gasteiger partial charge on any atom is 0.243 e. The van der Waals surface area contributed by atoms with E-state index in [0.717, 1.165) is 42.0 Å². The molecule has 0 aliphatic carbocycles. The predicted molar refractivity (Wildman–Crippen MR) is 218 cm³/mol. The lowest BCUT2D eigenvalue weighted by atomic mass is 10.0. The molecule has 0 radical (unpaired) electrons. The maximum absolute atomic E-state index is 14.2. The number of sulfonamides is 1. The van der Waals surface area contributed by atoms with Crippen molar-refractivity contribution in [3.05, 3.63) is 71.8 Å². The highest BCUT2D eigenvalue weighted by Crippen LogP contribution is 2.15. The molecule has 0 aliphatic rings. The molecule has 3 amide bonds. The minimum absolute atomic E-state index is 0.0420. The topological polar surface area (TPSA) is 215 Å². The second kappa shape index (κ2) is 26.4. The summed E-state index contributed by atoms with van der Waals surface area (Å²) >= 11 is 0. The van der Waals surface area contributed by atoms with Crippen LogP contribution in [0.15, 0.2) is 60.7 Å². The summed E-state index contributed by atoms with van der Waals surface area (Å²) in [6.07, 6.45) is 7.32. The zero-order valence-corrected chi connectivity index (χ0v) is 33.6. The Hall–Kier alpha value is -3.40.